The first-order valence-electron chi connectivity index (χ1n) is 12.3. The number of rotatable bonds is 11. The van der Waals surface area contributed by atoms with Crippen LogP contribution in [0.1, 0.15) is 78.8 Å². The van der Waals surface area contributed by atoms with E-state index in [0.717, 1.165) is 12.8 Å². The van der Waals surface area contributed by atoms with Crippen LogP contribution in [0.5, 0.6) is 0 Å². The quantitative estimate of drug-likeness (QED) is 0.441. The van der Waals surface area contributed by atoms with Gasteiger partial charge in [-0.05, 0) is 52.0 Å². The minimum Gasteiger partial charge on any atom is -0.444 e. The first-order chi connectivity index (χ1) is 16.3. The summed E-state index contributed by atoms with van der Waals surface area (Å²) >= 11 is 0. The van der Waals surface area contributed by atoms with Gasteiger partial charge in [-0.1, -0.05) is 50.6 Å². The van der Waals surface area contributed by atoms with Crippen LogP contribution in [0, 0.1) is 5.92 Å². The second-order valence-corrected chi connectivity index (χ2v) is 10.4. The van der Waals surface area contributed by atoms with Crippen LogP contribution < -0.4 is 16.4 Å². The van der Waals surface area contributed by atoms with Gasteiger partial charge in [-0.3, -0.25) is 14.4 Å². The summed E-state index contributed by atoms with van der Waals surface area (Å²) in [7, 11) is 0. The molecule has 4 N–H and O–H groups in total. The Morgan fingerprint density at radius 3 is 2.23 bits per heavy atom. The summed E-state index contributed by atoms with van der Waals surface area (Å²) in [5, 5.41) is 5.53. The monoisotopic (exact) mass is 488 g/mol. The fourth-order valence-corrected chi connectivity index (χ4v) is 4.10. The van der Waals surface area contributed by atoms with Crippen molar-refractivity contribution in [1.82, 2.24) is 15.5 Å². The molecule has 0 saturated heterocycles. The van der Waals surface area contributed by atoms with E-state index in [-0.39, 0.29) is 23.9 Å². The lowest BCUT2D eigenvalue weighted by atomic mass is 10.0. The molecule has 0 bridgehead atoms. The fourth-order valence-electron chi connectivity index (χ4n) is 4.10. The average molecular weight is 489 g/mol. The third-order valence-electron chi connectivity index (χ3n) is 5.83. The zero-order chi connectivity index (χ0) is 26.3. The van der Waals surface area contributed by atoms with E-state index >= 15 is 0 Å². The van der Waals surface area contributed by atoms with Gasteiger partial charge in [0.2, 0.25) is 17.7 Å². The summed E-state index contributed by atoms with van der Waals surface area (Å²) in [4.78, 5) is 53.3. The van der Waals surface area contributed by atoms with Crippen LogP contribution in [0.4, 0.5) is 4.79 Å². The molecule has 0 heterocycles. The molecule has 1 saturated carbocycles. The van der Waals surface area contributed by atoms with Crippen molar-refractivity contribution in [2.24, 2.45) is 11.7 Å². The van der Waals surface area contributed by atoms with Gasteiger partial charge in [0.1, 0.15) is 17.7 Å². The van der Waals surface area contributed by atoms with Crippen molar-refractivity contribution in [2.75, 3.05) is 0 Å². The van der Waals surface area contributed by atoms with Crippen molar-refractivity contribution in [1.29, 1.82) is 0 Å². The number of benzene rings is 1. The van der Waals surface area contributed by atoms with Gasteiger partial charge in [0.25, 0.3) is 0 Å². The summed E-state index contributed by atoms with van der Waals surface area (Å²) in [6.45, 7) is 11.1. The van der Waals surface area contributed by atoms with E-state index in [0.29, 0.717) is 12.0 Å². The van der Waals surface area contributed by atoms with E-state index in [9.17, 15) is 19.2 Å². The molecule has 35 heavy (non-hydrogen) atoms. The molecular formula is C26H40N4O5. The lowest BCUT2D eigenvalue weighted by Crippen LogP contribution is -2.55. The molecule has 0 aliphatic heterocycles. The highest BCUT2D eigenvalue weighted by atomic mass is 16.6. The van der Waals surface area contributed by atoms with Gasteiger partial charge in [-0.15, -0.1) is 0 Å². The Morgan fingerprint density at radius 1 is 1.14 bits per heavy atom. The summed E-state index contributed by atoms with van der Waals surface area (Å²) in [5.74, 6) is -1.43. The molecule has 4 amide bonds. The van der Waals surface area contributed by atoms with E-state index < -0.39 is 42.0 Å². The maximum Gasteiger partial charge on any atom is 0.408 e. The number of carbonyl (C=O) groups is 4. The fraction of sp³-hybridized carbons (Fsp3) is 0.615. The summed E-state index contributed by atoms with van der Waals surface area (Å²) < 4.78 is 5.30. The standard InChI is InChI=1S/C26H40N4O5/c1-7-11-17(3)28-23(32)22(18-12-9-8-10-13-18)30(20-14-16(20)2)24(33)19(15-21(27)31)29-25(34)35-26(4,5)6/h8-10,12-13,16-17,19-20,22H,7,11,14-15H2,1-6H3,(H2,27,31)(H,28,32)(H,29,34). The van der Waals surface area contributed by atoms with Crippen LogP contribution in [-0.4, -0.2) is 52.4 Å². The van der Waals surface area contributed by atoms with Crippen LogP contribution in [0.2, 0.25) is 0 Å². The van der Waals surface area contributed by atoms with Gasteiger partial charge < -0.3 is 26.0 Å². The molecule has 9 heteroatoms. The Labute approximate surface area is 208 Å². The largest absolute Gasteiger partial charge is 0.444 e. The number of nitrogens with zero attached hydrogens (tertiary/aromatic N) is 1. The summed E-state index contributed by atoms with van der Waals surface area (Å²) in [6, 6.07) is 6.58. The lowest BCUT2D eigenvalue weighted by Gasteiger charge is -2.35. The number of carbonyl (C=O) groups excluding carboxylic acids is 4. The normalized spacial score (nSPS) is 19.6. The molecule has 5 unspecified atom stereocenters. The number of nitrogens with one attached hydrogen (secondary N) is 2. The Hall–Kier alpha value is -3.10. The van der Waals surface area contributed by atoms with Crippen molar-refractivity contribution >= 4 is 23.8 Å². The van der Waals surface area contributed by atoms with Crippen LogP contribution in [-0.2, 0) is 19.1 Å². The number of hydrogen-bond donors (Lipinski definition) is 3. The second kappa shape index (κ2) is 12.0. The van der Waals surface area contributed by atoms with Crippen LogP contribution in [0.3, 0.4) is 0 Å². The van der Waals surface area contributed by atoms with Gasteiger partial charge in [0.05, 0.1) is 6.42 Å². The number of primary amides is 1. The molecule has 194 valence electrons. The minimum atomic E-state index is -1.26. The highest BCUT2D eigenvalue weighted by Gasteiger charge is 2.48. The highest BCUT2D eigenvalue weighted by molar-refractivity contribution is 5.95. The number of hydrogen-bond acceptors (Lipinski definition) is 5. The minimum absolute atomic E-state index is 0.0754. The van der Waals surface area contributed by atoms with Crippen LogP contribution in [0.15, 0.2) is 30.3 Å². The summed E-state index contributed by atoms with van der Waals surface area (Å²) in [5.41, 5.74) is 5.27. The van der Waals surface area contributed by atoms with Crippen molar-refractivity contribution in [3.63, 3.8) is 0 Å². The van der Waals surface area contributed by atoms with E-state index in [1.54, 1.807) is 32.9 Å². The molecule has 0 spiro atoms. The SMILES string of the molecule is CCCC(C)NC(=O)C(c1ccccc1)N(C(=O)C(CC(N)=O)NC(=O)OC(C)(C)C)C1CC1C. The molecule has 1 aliphatic carbocycles. The van der Waals surface area contributed by atoms with Crippen LogP contribution >= 0.6 is 0 Å². The van der Waals surface area contributed by atoms with Crippen molar-refractivity contribution in [3.05, 3.63) is 35.9 Å². The maximum atomic E-state index is 13.9. The molecule has 0 aromatic heterocycles. The Kier molecular flexibility index (Phi) is 9.68. The van der Waals surface area contributed by atoms with Crippen molar-refractivity contribution in [3.8, 4) is 0 Å². The first kappa shape index (κ1) is 28.1. The van der Waals surface area contributed by atoms with Crippen molar-refractivity contribution < 1.29 is 23.9 Å². The molecule has 2 rings (SSSR count). The third-order valence-corrected chi connectivity index (χ3v) is 5.83. The summed E-state index contributed by atoms with van der Waals surface area (Å²) in [6.07, 6.45) is 1.16. The van der Waals surface area contributed by atoms with Gasteiger partial charge in [-0.25, -0.2) is 4.79 Å². The third kappa shape index (κ3) is 8.56. The Bertz CT molecular complexity index is 899. The van der Waals surface area contributed by atoms with Gasteiger partial charge >= 0.3 is 6.09 Å². The molecular weight excluding hydrogens is 448 g/mol. The number of alkyl carbamates (subject to hydrolysis) is 1. The van der Waals surface area contributed by atoms with E-state index in [2.05, 4.69) is 10.6 Å². The van der Waals surface area contributed by atoms with Gasteiger partial charge in [0, 0.05) is 12.1 Å². The highest BCUT2D eigenvalue weighted by Crippen LogP contribution is 2.40. The predicted molar refractivity (Wildman–Crippen MR) is 133 cm³/mol. The predicted octanol–water partition coefficient (Wildman–Crippen LogP) is 3.04. The zero-order valence-corrected chi connectivity index (χ0v) is 21.7. The van der Waals surface area contributed by atoms with Crippen molar-refractivity contribution in [2.45, 2.75) is 97.0 Å². The molecule has 1 aromatic carbocycles. The average Bonchev–Trinajstić information content (AvgIpc) is 3.45. The zero-order valence-electron chi connectivity index (χ0n) is 21.7. The lowest BCUT2D eigenvalue weighted by molar-refractivity contribution is -0.144. The molecule has 9 nitrogen and oxygen atoms in total. The topological polar surface area (TPSA) is 131 Å². The van der Waals surface area contributed by atoms with Gasteiger partial charge in [0.15, 0.2) is 0 Å². The van der Waals surface area contributed by atoms with E-state index in [1.807, 2.05) is 39.0 Å². The molecule has 1 aliphatic rings. The van der Waals surface area contributed by atoms with E-state index in [4.69, 9.17) is 10.5 Å². The maximum absolute atomic E-state index is 13.9. The molecule has 1 aromatic rings. The van der Waals surface area contributed by atoms with E-state index in [1.165, 1.54) is 4.90 Å². The molecule has 1 fully saturated rings. The first-order valence-corrected chi connectivity index (χ1v) is 12.3. The molecule has 5 atom stereocenters. The number of nitrogens with two attached hydrogens (primary N) is 1. The number of ether oxygens (including phenoxy) is 1. The van der Waals surface area contributed by atoms with Gasteiger partial charge in [-0.2, -0.15) is 0 Å². The molecule has 0 radical (unpaired) electrons. The second-order valence-electron chi connectivity index (χ2n) is 10.4. The number of amides is 4. The van der Waals surface area contributed by atoms with Crippen LogP contribution in [0.25, 0.3) is 0 Å². The Balaban J connectivity index is 2.44. The smallest absolute Gasteiger partial charge is 0.408 e. The Morgan fingerprint density at radius 2 is 1.74 bits per heavy atom.